The first kappa shape index (κ1) is 13.0. The summed E-state index contributed by atoms with van der Waals surface area (Å²) in [6.07, 6.45) is 2.00. The summed E-state index contributed by atoms with van der Waals surface area (Å²) in [7, 11) is 0. The Labute approximate surface area is 111 Å². The van der Waals surface area contributed by atoms with Crippen LogP contribution in [0.3, 0.4) is 0 Å². The smallest absolute Gasteiger partial charge is 0.213 e. The van der Waals surface area contributed by atoms with E-state index in [-0.39, 0.29) is 11.5 Å². The van der Waals surface area contributed by atoms with Crippen LogP contribution in [0, 0.1) is 10.1 Å². The molecule has 2 aromatic rings. The number of rotatable bonds is 6. The van der Waals surface area contributed by atoms with Crippen LogP contribution in [0.25, 0.3) is 0 Å². The predicted octanol–water partition coefficient (Wildman–Crippen LogP) is 2.48. The molecule has 19 heavy (non-hydrogen) atoms. The maximum Gasteiger partial charge on any atom is 0.213 e. The summed E-state index contributed by atoms with van der Waals surface area (Å²) in [5.41, 5.74) is 1.91. The van der Waals surface area contributed by atoms with E-state index in [9.17, 15) is 10.1 Å². The monoisotopic (exact) mass is 258 g/mol. The van der Waals surface area contributed by atoms with E-state index in [1.54, 1.807) is 18.3 Å². The summed E-state index contributed by atoms with van der Waals surface area (Å²) in [4.78, 5) is 14.1. The van der Waals surface area contributed by atoms with Crippen LogP contribution >= 0.6 is 0 Å². The molecule has 2 rings (SSSR count). The summed E-state index contributed by atoms with van der Waals surface area (Å²) >= 11 is 0. The Hall–Kier alpha value is -2.43. The van der Waals surface area contributed by atoms with Crippen LogP contribution in [0.4, 0.5) is 0 Å². The molecule has 1 aromatic carbocycles. The molecule has 0 aliphatic heterocycles. The molecule has 0 fully saturated rings. The molecule has 5 heteroatoms. The van der Waals surface area contributed by atoms with Gasteiger partial charge in [0.25, 0.3) is 0 Å². The first-order valence-corrected chi connectivity index (χ1v) is 5.97. The molecular weight excluding hydrogens is 244 g/mol. The zero-order chi connectivity index (χ0) is 13.5. The van der Waals surface area contributed by atoms with Gasteiger partial charge in [-0.15, -0.1) is 0 Å². The quantitative estimate of drug-likeness (QED) is 0.589. The highest BCUT2D eigenvalue weighted by atomic mass is 16.6. The number of ether oxygens (including phenoxy) is 1. The first-order valence-electron chi connectivity index (χ1n) is 5.97. The second-order valence-corrected chi connectivity index (χ2v) is 4.09. The number of benzene rings is 1. The van der Waals surface area contributed by atoms with Crippen molar-refractivity contribution in [3.8, 4) is 5.88 Å². The van der Waals surface area contributed by atoms with Gasteiger partial charge in [-0.25, -0.2) is 4.98 Å². The van der Waals surface area contributed by atoms with Crippen LogP contribution in [0.1, 0.15) is 11.1 Å². The summed E-state index contributed by atoms with van der Waals surface area (Å²) in [6, 6.07) is 13.3. The molecular formula is C14H14N2O3. The number of aromatic nitrogens is 1. The molecule has 0 atom stereocenters. The molecule has 0 amide bonds. The van der Waals surface area contributed by atoms with Gasteiger partial charge in [-0.2, -0.15) is 0 Å². The van der Waals surface area contributed by atoms with Crippen molar-refractivity contribution in [1.82, 2.24) is 4.98 Å². The van der Waals surface area contributed by atoms with E-state index in [0.717, 1.165) is 11.1 Å². The molecule has 0 radical (unpaired) electrons. The van der Waals surface area contributed by atoms with Gasteiger partial charge in [-0.05, 0) is 11.1 Å². The van der Waals surface area contributed by atoms with E-state index in [1.165, 1.54) is 0 Å². The zero-order valence-corrected chi connectivity index (χ0v) is 10.4. The lowest BCUT2D eigenvalue weighted by Gasteiger charge is -2.05. The van der Waals surface area contributed by atoms with Crippen LogP contribution in [0.15, 0.2) is 48.7 Å². The molecule has 1 heterocycles. The van der Waals surface area contributed by atoms with Crippen molar-refractivity contribution in [2.24, 2.45) is 0 Å². The average molecular weight is 258 g/mol. The molecule has 0 unspecified atom stereocenters. The van der Waals surface area contributed by atoms with Crippen molar-refractivity contribution < 1.29 is 9.66 Å². The Morgan fingerprint density at radius 2 is 1.89 bits per heavy atom. The van der Waals surface area contributed by atoms with Crippen molar-refractivity contribution in [2.45, 2.75) is 13.0 Å². The Kier molecular flexibility index (Phi) is 4.44. The largest absolute Gasteiger partial charge is 0.473 e. The molecule has 0 aliphatic rings. The molecule has 5 nitrogen and oxygen atoms in total. The zero-order valence-electron chi connectivity index (χ0n) is 10.4. The van der Waals surface area contributed by atoms with Crippen molar-refractivity contribution >= 4 is 0 Å². The maximum atomic E-state index is 10.3. The minimum absolute atomic E-state index is 0.0775. The topological polar surface area (TPSA) is 65.3 Å². The Morgan fingerprint density at radius 1 is 1.11 bits per heavy atom. The van der Waals surface area contributed by atoms with Crippen LogP contribution in [0.5, 0.6) is 5.88 Å². The van der Waals surface area contributed by atoms with Gasteiger partial charge in [0.15, 0.2) is 0 Å². The highest BCUT2D eigenvalue weighted by molar-refractivity contribution is 5.19. The number of nitro groups is 1. The molecule has 0 spiro atoms. The Balaban J connectivity index is 1.86. The summed E-state index contributed by atoms with van der Waals surface area (Å²) in [5, 5.41) is 10.3. The fourth-order valence-electron chi connectivity index (χ4n) is 1.60. The third-order valence-electron chi connectivity index (χ3n) is 2.61. The van der Waals surface area contributed by atoms with Crippen LogP contribution in [0.2, 0.25) is 0 Å². The molecule has 98 valence electrons. The van der Waals surface area contributed by atoms with Gasteiger partial charge >= 0.3 is 0 Å². The number of hydrogen-bond donors (Lipinski definition) is 0. The molecule has 0 saturated carbocycles. The van der Waals surface area contributed by atoms with Gasteiger partial charge in [0.2, 0.25) is 12.4 Å². The summed E-state index contributed by atoms with van der Waals surface area (Å²) in [5.74, 6) is 0.522. The van der Waals surface area contributed by atoms with E-state index in [0.29, 0.717) is 18.9 Å². The third kappa shape index (κ3) is 4.39. The van der Waals surface area contributed by atoms with Gasteiger partial charge in [0, 0.05) is 23.6 Å². The van der Waals surface area contributed by atoms with Crippen molar-refractivity contribution in [3.05, 3.63) is 69.9 Å². The SMILES string of the molecule is O=[N+]([O-])CCc1ccc(OCc2ccccc2)nc1. The van der Waals surface area contributed by atoms with Gasteiger partial charge < -0.3 is 4.74 Å². The van der Waals surface area contributed by atoms with E-state index >= 15 is 0 Å². The summed E-state index contributed by atoms with van der Waals surface area (Å²) in [6.45, 7) is 0.383. The number of nitrogens with zero attached hydrogens (tertiary/aromatic N) is 2. The minimum Gasteiger partial charge on any atom is -0.473 e. The van der Waals surface area contributed by atoms with Gasteiger partial charge in [0.1, 0.15) is 6.61 Å². The van der Waals surface area contributed by atoms with Gasteiger partial charge in [0.05, 0.1) is 0 Å². The second-order valence-electron chi connectivity index (χ2n) is 4.09. The van der Waals surface area contributed by atoms with Crippen molar-refractivity contribution in [3.63, 3.8) is 0 Å². The normalized spacial score (nSPS) is 10.1. The lowest BCUT2D eigenvalue weighted by Crippen LogP contribution is -2.04. The van der Waals surface area contributed by atoms with Crippen LogP contribution in [-0.4, -0.2) is 16.5 Å². The van der Waals surface area contributed by atoms with E-state index in [2.05, 4.69) is 4.98 Å². The third-order valence-corrected chi connectivity index (χ3v) is 2.61. The fourth-order valence-corrected chi connectivity index (χ4v) is 1.60. The summed E-state index contributed by atoms with van der Waals surface area (Å²) < 4.78 is 5.53. The molecule has 1 aromatic heterocycles. The van der Waals surface area contributed by atoms with Gasteiger partial charge in [-0.1, -0.05) is 36.4 Å². The minimum atomic E-state index is -0.334. The lowest BCUT2D eigenvalue weighted by atomic mass is 10.2. The number of hydrogen-bond acceptors (Lipinski definition) is 4. The van der Waals surface area contributed by atoms with Crippen LogP contribution in [-0.2, 0) is 13.0 Å². The Morgan fingerprint density at radius 3 is 2.53 bits per heavy atom. The highest BCUT2D eigenvalue weighted by Crippen LogP contribution is 2.10. The molecule has 0 saturated heterocycles. The molecule has 0 N–H and O–H groups in total. The maximum absolute atomic E-state index is 10.3. The average Bonchev–Trinajstić information content (AvgIpc) is 2.45. The number of pyridine rings is 1. The van der Waals surface area contributed by atoms with Crippen LogP contribution < -0.4 is 4.74 Å². The van der Waals surface area contributed by atoms with Crippen molar-refractivity contribution in [2.75, 3.05) is 6.54 Å². The lowest BCUT2D eigenvalue weighted by molar-refractivity contribution is -0.479. The molecule has 0 bridgehead atoms. The predicted molar refractivity (Wildman–Crippen MR) is 70.6 cm³/mol. The second kappa shape index (κ2) is 6.49. The van der Waals surface area contributed by atoms with E-state index < -0.39 is 0 Å². The van der Waals surface area contributed by atoms with E-state index in [1.807, 2.05) is 30.3 Å². The first-order chi connectivity index (χ1) is 9.24. The van der Waals surface area contributed by atoms with E-state index in [4.69, 9.17) is 4.74 Å². The fraction of sp³-hybridized carbons (Fsp3) is 0.214. The highest BCUT2D eigenvalue weighted by Gasteiger charge is 2.02. The molecule has 0 aliphatic carbocycles. The Bertz CT molecular complexity index is 526. The van der Waals surface area contributed by atoms with Gasteiger partial charge in [-0.3, -0.25) is 10.1 Å². The van der Waals surface area contributed by atoms with Crippen molar-refractivity contribution in [1.29, 1.82) is 0 Å². The standard InChI is InChI=1S/C14H14N2O3/c17-16(18)9-8-12-6-7-14(15-10-12)19-11-13-4-2-1-3-5-13/h1-7,10H,8-9,11H2.